The van der Waals surface area contributed by atoms with E-state index in [0.717, 1.165) is 38.6 Å². The molecule has 0 amide bonds. The van der Waals surface area contributed by atoms with Gasteiger partial charge in [-0.25, -0.2) is 4.99 Å². The maximum atomic E-state index is 5.95. The van der Waals surface area contributed by atoms with Gasteiger partial charge in [-0.2, -0.15) is 0 Å². The second kappa shape index (κ2) is 11.2. The highest BCUT2D eigenvalue weighted by molar-refractivity contribution is 14.0. The van der Waals surface area contributed by atoms with Gasteiger partial charge in [-0.1, -0.05) is 38.1 Å². The van der Waals surface area contributed by atoms with Crippen LogP contribution in [0.2, 0.25) is 0 Å². The van der Waals surface area contributed by atoms with Crippen molar-refractivity contribution < 1.29 is 4.74 Å². The van der Waals surface area contributed by atoms with Gasteiger partial charge in [-0.15, -0.1) is 24.0 Å². The normalized spacial score (nSPS) is 24.1. The third-order valence-corrected chi connectivity index (χ3v) is 5.48. The third kappa shape index (κ3) is 6.32. The first-order valence-electron chi connectivity index (χ1n) is 10.2. The zero-order valence-corrected chi connectivity index (χ0v) is 19.2. The Kier molecular flexibility index (Phi) is 9.32. The first-order valence-corrected chi connectivity index (χ1v) is 10.2. The molecule has 0 radical (unpaired) electrons. The molecule has 2 N–H and O–H groups in total. The molecule has 0 spiro atoms. The fraction of sp³-hybridized carbons (Fsp3) is 0.667. The van der Waals surface area contributed by atoms with Crippen LogP contribution in [0.25, 0.3) is 0 Å². The first-order chi connectivity index (χ1) is 12.7. The van der Waals surface area contributed by atoms with E-state index in [1.807, 2.05) is 0 Å². The summed E-state index contributed by atoms with van der Waals surface area (Å²) in [6.07, 6.45) is 4.32. The molecule has 6 heteroatoms. The molecule has 2 bridgehead atoms. The maximum absolute atomic E-state index is 5.95. The summed E-state index contributed by atoms with van der Waals surface area (Å²) < 4.78 is 5.95. The molecule has 2 heterocycles. The number of aliphatic imine (C=N–C) groups is 1. The minimum atomic E-state index is 0. The molecule has 0 saturated carbocycles. The number of halogens is 1. The van der Waals surface area contributed by atoms with E-state index in [0.29, 0.717) is 24.8 Å². The van der Waals surface area contributed by atoms with Crippen molar-refractivity contribution in [3.05, 3.63) is 35.4 Å². The summed E-state index contributed by atoms with van der Waals surface area (Å²) in [5.41, 5.74) is 2.62. The second-order valence-corrected chi connectivity index (χ2v) is 7.34. The van der Waals surface area contributed by atoms with E-state index < -0.39 is 0 Å². The van der Waals surface area contributed by atoms with Crippen LogP contribution in [0.5, 0.6) is 0 Å². The molecule has 2 aliphatic rings. The van der Waals surface area contributed by atoms with Crippen LogP contribution in [0.3, 0.4) is 0 Å². The lowest BCUT2D eigenvalue weighted by atomic mass is 9.96. The standard InChI is InChI=1S/C21H34N4O.HI/c1-4-22-21(24-19-13-18-10-11-20(19)26-18)23-14-16-8-7-9-17(12-16)15-25(5-2)6-3;/h7-9,12,18-20H,4-6,10-11,13-15H2,1-3H3,(H2,22,23,24);1H. The number of rotatable bonds is 8. The Hall–Kier alpha value is -0.860. The number of ether oxygens (including phenoxy) is 1. The van der Waals surface area contributed by atoms with E-state index >= 15 is 0 Å². The van der Waals surface area contributed by atoms with Crippen LogP contribution < -0.4 is 10.6 Å². The highest BCUT2D eigenvalue weighted by atomic mass is 127. The molecule has 5 nitrogen and oxygen atoms in total. The Bertz CT molecular complexity index is 606. The van der Waals surface area contributed by atoms with Gasteiger partial charge in [0.1, 0.15) is 0 Å². The van der Waals surface area contributed by atoms with Gasteiger partial charge in [0.05, 0.1) is 24.8 Å². The second-order valence-electron chi connectivity index (χ2n) is 7.34. The van der Waals surface area contributed by atoms with Crippen molar-refractivity contribution in [2.24, 2.45) is 4.99 Å². The lowest BCUT2D eigenvalue weighted by Gasteiger charge is -2.22. The zero-order chi connectivity index (χ0) is 18.4. The number of benzene rings is 1. The number of nitrogens with zero attached hydrogens (tertiary/aromatic N) is 2. The van der Waals surface area contributed by atoms with Crippen LogP contribution >= 0.6 is 24.0 Å². The van der Waals surface area contributed by atoms with E-state index in [9.17, 15) is 0 Å². The highest BCUT2D eigenvalue weighted by Crippen LogP contribution is 2.34. The van der Waals surface area contributed by atoms with Crippen LogP contribution in [0.1, 0.15) is 51.2 Å². The molecule has 2 saturated heterocycles. The van der Waals surface area contributed by atoms with Crippen LogP contribution in [0, 0.1) is 0 Å². The molecule has 1 aromatic rings. The number of guanidine groups is 1. The summed E-state index contributed by atoms with van der Waals surface area (Å²) in [5, 5.41) is 6.97. The summed E-state index contributed by atoms with van der Waals surface area (Å²) in [5.74, 6) is 0.905. The molecule has 3 atom stereocenters. The SMILES string of the molecule is CCNC(=NCc1cccc(CN(CC)CC)c1)NC1CC2CCC1O2.I. The van der Waals surface area contributed by atoms with Crippen molar-refractivity contribution >= 4 is 29.9 Å². The molecule has 0 aromatic heterocycles. The number of nitrogens with one attached hydrogen (secondary N) is 2. The fourth-order valence-corrected chi connectivity index (χ4v) is 3.99. The van der Waals surface area contributed by atoms with Crippen LogP contribution in [0.4, 0.5) is 0 Å². The summed E-state index contributed by atoms with van der Waals surface area (Å²) >= 11 is 0. The van der Waals surface area contributed by atoms with Crippen LogP contribution in [-0.4, -0.2) is 48.7 Å². The average molecular weight is 486 g/mol. The topological polar surface area (TPSA) is 48.9 Å². The van der Waals surface area contributed by atoms with Gasteiger partial charge in [0, 0.05) is 13.1 Å². The van der Waals surface area contributed by atoms with Crippen molar-refractivity contribution in [2.75, 3.05) is 19.6 Å². The average Bonchev–Trinajstić information content (AvgIpc) is 3.28. The molecule has 152 valence electrons. The van der Waals surface area contributed by atoms with E-state index in [4.69, 9.17) is 9.73 Å². The monoisotopic (exact) mass is 486 g/mol. The van der Waals surface area contributed by atoms with Crippen molar-refractivity contribution in [3.8, 4) is 0 Å². The Morgan fingerprint density at radius 2 is 1.96 bits per heavy atom. The van der Waals surface area contributed by atoms with Crippen molar-refractivity contribution in [1.29, 1.82) is 0 Å². The fourth-order valence-electron chi connectivity index (χ4n) is 3.99. The van der Waals surface area contributed by atoms with Gasteiger partial charge in [-0.05, 0) is 50.4 Å². The van der Waals surface area contributed by atoms with Crippen LogP contribution in [0.15, 0.2) is 29.3 Å². The minimum absolute atomic E-state index is 0. The quantitative estimate of drug-likeness (QED) is 0.336. The molecule has 2 fully saturated rings. The van der Waals surface area contributed by atoms with E-state index in [1.165, 1.54) is 24.0 Å². The van der Waals surface area contributed by atoms with Gasteiger partial charge in [0.25, 0.3) is 0 Å². The van der Waals surface area contributed by atoms with Crippen molar-refractivity contribution in [3.63, 3.8) is 0 Å². The molecule has 0 aliphatic carbocycles. The third-order valence-electron chi connectivity index (χ3n) is 5.48. The molecule has 3 rings (SSSR count). The van der Waals surface area contributed by atoms with Gasteiger partial charge in [0.15, 0.2) is 5.96 Å². The Morgan fingerprint density at radius 1 is 1.19 bits per heavy atom. The summed E-state index contributed by atoms with van der Waals surface area (Å²) in [6.45, 7) is 11.3. The number of hydrogen-bond donors (Lipinski definition) is 2. The Labute approximate surface area is 181 Å². The molecular formula is C21H35IN4O. The number of fused-ring (bicyclic) bond motifs is 2. The first kappa shape index (κ1) is 22.4. The largest absolute Gasteiger partial charge is 0.373 e. The zero-order valence-electron chi connectivity index (χ0n) is 16.9. The lowest BCUT2D eigenvalue weighted by molar-refractivity contribution is 0.0992. The van der Waals surface area contributed by atoms with E-state index in [1.54, 1.807) is 0 Å². The predicted octanol–water partition coefficient (Wildman–Crippen LogP) is 3.52. The molecule has 27 heavy (non-hydrogen) atoms. The molecule has 1 aromatic carbocycles. The van der Waals surface area contributed by atoms with Gasteiger partial charge in [-0.3, -0.25) is 4.90 Å². The minimum Gasteiger partial charge on any atom is -0.373 e. The summed E-state index contributed by atoms with van der Waals surface area (Å²) in [4.78, 5) is 7.25. The Morgan fingerprint density at radius 3 is 2.59 bits per heavy atom. The van der Waals surface area contributed by atoms with E-state index in [2.05, 4.69) is 60.6 Å². The lowest BCUT2D eigenvalue weighted by Crippen LogP contribution is -2.47. The predicted molar refractivity (Wildman–Crippen MR) is 123 cm³/mol. The van der Waals surface area contributed by atoms with Crippen molar-refractivity contribution in [1.82, 2.24) is 15.5 Å². The highest BCUT2D eigenvalue weighted by Gasteiger charge is 2.41. The maximum Gasteiger partial charge on any atom is 0.191 e. The summed E-state index contributed by atoms with van der Waals surface area (Å²) in [7, 11) is 0. The molecule has 2 aliphatic heterocycles. The summed E-state index contributed by atoms with van der Waals surface area (Å²) in [6, 6.07) is 9.21. The van der Waals surface area contributed by atoms with Gasteiger partial charge in [0.2, 0.25) is 0 Å². The smallest absolute Gasteiger partial charge is 0.191 e. The van der Waals surface area contributed by atoms with Gasteiger partial charge < -0.3 is 15.4 Å². The van der Waals surface area contributed by atoms with Gasteiger partial charge >= 0.3 is 0 Å². The number of hydrogen-bond acceptors (Lipinski definition) is 3. The Balaban J connectivity index is 0.00000261. The van der Waals surface area contributed by atoms with E-state index in [-0.39, 0.29) is 24.0 Å². The van der Waals surface area contributed by atoms with Crippen LogP contribution in [-0.2, 0) is 17.8 Å². The molecule has 3 unspecified atom stereocenters. The molecular weight excluding hydrogens is 451 g/mol. The van der Waals surface area contributed by atoms with Crippen molar-refractivity contribution in [2.45, 2.75) is 71.4 Å².